The van der Waals surface area contributed by atoms with Gasteiger partial charge in [0.15, 0.2) is 5.78 Å². The first-order valence-corrected chi connectivity index (χ1v) is 13.9. The number of benzene rings is 3. The molecule has 0 fully saturated rings. The molecule has 2 aliphatic rings. The Morgan fingerprint density at radius 2 is 1.83 bits per heavy atom. The zero-order valence-electron chi connectivity index (χ0n) is 23.1. The number of aromatic amines is 1. The molecular formula is C33H32F2N4O2. The molecule has 0 spiro atoms. The molecule has 2 heterocycles. The summed E-state index contributed by atoms with van der Waals surface area (Å²) in [6, 6.07) is 17.8. The van der Waals surface area contributed by atoms with E-state index in [0.717, 1.165) is 27.9 Å². The minimum absolute atomic E-state index is 0.0539. The highest BCUT2D eigenvalue weighted by Crippen LogP contribution is 2.48. The summed E-state index contributed by atoms with van der Waals surface area (Å²) in [5.74, 6) is -1.07. The lowest BCUT2D eigenvalue weighted by molar-refractivity contribution is -0.120. The van der Waals surface area contributed by atoms with Gasteiger partial charge in [0.05, 0.1) is 24.0 Å². The number of hydrogen-bond acceptors (Lipinski definition) is 4. The minimum atomic E-state index is -0.784. The number of aromatic nitrogens is 1. The maximum atomic E-state index is 15.4. The van der Waals surface area contributed by atoms with Crippen LogP contribution in [0.2, 0.25) is 0 Å². The van der Waals surface area contributed by atoms with Crippen LogP contribution in [0.4, 0.5) is 20.2 Å². The summed E-state index contributed by atoms with van der Waals surface area (Å²) in [5, 5.41) is 7.24. The van der Waals surface area contributed by atoms with E-state index in [0.29, 0.717) is 42.6 Å². The highest BCUT2D eigenvalue weighted by atomic mass is 19.1. The number of carbonyl (C=O) groups is 2. The Balaban J connectivity index is 1.33. The molecule has 1 unspecified atom stereocenters. The van der Waals surface area contributed by atoms with Crippen LogP contribution in [-0.2, 0) is 16.0 Å². The fourth-order valence-corrected chi connectivity index (χ4v) is 6.15. The normalized spacial score (nSPS) is 18.0. The molecule has 6 rings (SSSR count). The number of ketones is 1. The van der Waals surface area contributed by atoms with Crippen LogP contribution in [0.15, 0.2) is 84.2 Å². The van der Waals surface area contributed by atoms with Gasteiger partial charge in [0.2, 0.25) is 5.91 Å². The summed E-state index contributed by atoms with van der Waals surface area (Å²) < 4.78 is 29.2. The maximum Gasteiger partial charge on any atom is 0.239 e. The Labute approximate surface area is 237 Å². The molecule has 3 N–H and O–H groups in total. The van der Waals surface area contributed by atoms with Gasteiger partial charge < -0.3 is 20.5 Å². The molecule has 0 bridgehead atoms. The molecule has 1 aliphatic heterocycles. The average molecular weight is 555 g/mol. The number of nitrogens with zero attached hydrogens (tertiary/aromatic N) is 1. The summed E-state index contributed by atoms with van der Waals surface area (Å²) in [6.07, 6.45) is 3.29. The van der Waals surface area contributed by atoms with Crippen molar-refractivity contribution in [2.24, 2.45) is 5.41 Å². The molecule has 1 aromatic heterocycles. The summed E-state index contributed by atoms with van der Waals surface area (Å²) in [4.78, 5) is 32.1. The van der Waals surface area contributed by atoms with Crippen LogP contribution < -0.4 is 15.5 Å². The third kappa shape index (κ3) is 5.22. The number of halogens is 2. The molecule has 8 heteroatoms. The van der Waals surface area contributed by atoms with Gasteiger partial charge in [-0.15, -0.1) is 0 Å². The Morgan fingerprint density at radius 1 is 1.05 bits per heavy atom. The molecule has 1 atom stereocenters. The highest BCUT2D eigenvalue weighted by Gasteiger charge is 2.42. The van der Waals surface area contributed by atoms with E-state index in [-0.39, 0.29) is 29.5 Å². The summed E-state index contributed by atoms with van der Waals surface area (Å²) in [5.41, 5.74) is 4.56. The second-order valence-electron chi connectivity index (χ2n) is 11.6. The summed E-state index contributed by atoms with van der Waals surface area (Å²) in [7, 11) is 0. The van der Waals surface area contributed by atoms with E-state index in [9.17, 15) is 14.0 Å². The van der Waals surface area contributed by atoms with Gasteiger partial charge in [0, 0.05) is 46.9 Å². The molecule has 0 saturated heterocycles. The van der Waals surface area contributed by atoms with Crippen molar-refractivity contribution in [1.82, 2.24) is 10.3 Å². The number of hydrogen-bond donors (Lipinski definition) is 3. The first-order chi connectivity index (χ1) is 19.7. The van der Waals surface area contributed by atoms with E-state index in [4.69, 9.17) is 0 Å². The van der Waals surface area contributed by atoms with Crippen molar-refractivity contribution in [3.8, 4) is 0 Å². The van der Waals surface area contributed by atoms with E-state index in [1.165, 1.54) is 18.2 Å². The van der Waals surface area contributed by atoms with Crippen molar-refractivity contribution in [2.75, 3.05) is 23.3 Å². The van der Waals surface area contributed by atoms with E-state index in [2.05, 4.69) is 29.5 Å². The number of rotatable bonds is 6. The quantitative estimate of drug-likeness (QED) is 0.257. The van der Waals surface area contributed by atoms with Crippen LogP contribution in [-0.4, -0.2) is 29.8 Å². The van der Waals surface area contributed by atoms with Gasteiger partial charge in [-0.05, 0) is 60.2 Å². The second kappa shape index (κ2) is 10.5. The number of para-hydroxylation sites is 2. The number of Topliss-reactive ketones (excluding diaryl/α,β-unsaturated/α-hetero) is 1. The van der Waals surface area contributed by atoms with E-state index in [1.807, 2.05) is 35.4 Å². The Kier molecular flexibility index (Phi) is 6.85. The highest BCUT2D eigenvalue weighted by molar-refractivity contribution is 6.02. The van der Waals surface area contributed by atoms with Crippen molar-refractivity contribution in [3.05, 3.63) is 107 Å². The second-order valence-corrected chi connectivity index (χ2v) is 11.6. The zero-order valence-corrected chi connectivity index (χ0v) is 23.1. The third-order valence-corrected chi connectivity index (χ3v) is 7.96. The molecule has 3 aromatic carbocycles. The van der Waals surface area contributed by atoms with Crippen LogP contribution in [0.25, 0.3) is 10.9 Å². The van der Waals surface area contributed by atoms with Crippen molar-refractivity contribution in [1.29, 1.82) is 0 Å². The molecule has 210 valence electrons. The lowest BCUT2D eigenvalue weighted by Crippen LogP contribution is -2.42. The van der Waals surface area contributed by atoms with Gasteiger partial charge in [-0.25, -0.2) is 8.78 Å². The maximum absolute atomic E-state index is 15.4. The summed E-state index contributed by atoms with van der Waals surface area (Å²) >= 11 is 0. The standard InChI is InChI=1S/C33H32F2N4O2/c1-33(2)16-27-31(29(40)17-33)32(22-7-3-4-8-24(22)35)39(28-10-6-5-9-26(28)38-27)19-30(41)36-14-13-20-18-37-25-12-11-21(34)15-23(20)25/h3-12,15,18,32,37-38H,13-14,16-17,19H2,1-2H3,(H,36,41). The Hall–Kier alpha value is -4.46. The number of carbonyl (C=O) groups excluding carboxylic acids is 2. The van der Waals surface area contributed by atoms with E-state index < -0.39 is 11.9 Å². The van der Waals surface area contributed by atoms with Crippen LogP contribution >= 0.6 is 0 Å². The van der Waals surface area contributed by atoms with Crippen molar-refractivity contribution in [3.63, 3.8) is 0 Å². The zero-order chi connectivity index (χ0) is 28.7. The fourth-order valence-electron chi connectivity index (χ4n) is 6.15. The number of anilines is 2. The van der Waals surface area contributed by atoms with Gasteiger partial charge >= 0.3 is 0 Å². The molecule has 0 radical (unpaired) electrons. The SMILES string of the molecule is CC1(C)CC(=O)C2=C(C1)Nc1ccccc1N(CC(=O)NCCc1c[nH]c3ccc(F)cc13)C2c1ccccc1F. The smallest absolute Gasteiger partial charge is 0.239 e. The average Bonchev–Trinajstić information content (AvgIpc) is 3.26. The number of nitrogens with one attached hydrogen (secondary N) is 3. The minimum Gasteiger partial charge on any atom is -0.361 e. The Bertz CT molecular complexity index is 1690. The Morgan fingerprint density at radius 3 is 2.66 bits per heavy atom. The lowest BCUT2D eigenvalue weighted by atomic mass is 9.73. The van der Waals surface area contributed by atoms with Crippen LogP contribution in [0.3, 0.4) is 0 Å². The molecule has 1 aliphatic carbocycles. The van der Waals surface area contributed by atoms with Crippen molar-refractivity contribution >= 4 is 34.0 Å². The predicted octanol–water partition coefficient (Wildman–Crippen LogP) is 6.42. The first-order valence-electron chi connectivity index (χ1n) is 13.9. The lowest BCUT2D eigenvalue weighted by Gasteiger charge is -2.38. The van der Waals surface area contributed by atoms with E-state index >= 15 is 4.39 Å². The van der Waals surface area contributed by atoms with Gasteiger partial charge in [0.25, 0.3) is 0 Å². The van der Waals surface area contributed by atoms with Crippen LogP contribution in [0.5, 0.6) is 0 Å². The van der Waals surface area contributed by atoms with Crippen molar-refractivity contribution in [2.45, 2.75) is 39.2 Å². The van der Waals surface area contributed by atoms with Gasteiger partial charge in [0.1, 0.15) is 11.6 Å². The predicted molar refractivity (Wildman–Crippen MR) is 157 cm³/mol. The molecule has 1 amide bonds. The van der Waals surface area contributed by atoms with Crippen molar-refractivity contribution < 1.29 is 18.4 Å². The third-order valence-electron chi connectivity index (χ3n) is 7.96. The molecule has 0 saturated carbocycles. The number of allylic oxidation sites excluding steroid dienone is 1. The molecule has 41 heavy (non-hydrogen) atoms. The first kappa shape index (κ1) is 26.7. The molecular weight excluding hydrogens is 522 g/mol. The van der Waals surface area contributed by atoms with Gasteiger partial charge in [-0.2, -0.15) is 0 Å². The van der Waals surface area contributed by atoms with Gasteiger partial charge in [-0.1, -0.05) is 44.2 Å². The number of amides is 1. The van der Waals surface area contributed by atoms with Crippen LogP contribution in [0, 0.1) is 17.0 Å². The van der Waals surface area contributed by atoms with E-state index in [1.54, 1.807) is 24.3 Å². The van der Waals surface area contributed by atoms with Crippen LogP contribution in [0.1, 0.15) is 43.9 Å². The molecule has 6 nitrogen and oxygen atoms in total. The monoisotopic (exact) mass is 554 g/mol. The van der Waals surface area contributed by atoms with Gasteiger partial charge in [-0.3, -0.25) is 9.59 Å². The molecule has 4 aromatic rings. The number of fused-ring (bicyclic) bond motifs is 2. The topological polar surface area (TPSA) is 77.2 Å². The number of H-pyrrole nitrogens is 1. The largest absolute Gasteiger partial charge is 0.361 e. The fraction of sp³-hybridized carbons (Fsp3) is 0.273. The summed E-state index contributed by atoms with van der Waals surface area (Å²) in [6.45, 7) is 4.35.